The van der Waals surface area contributed by atoms with Gasteiger partial charge in [0.1, 0.15) is 5.03 Å². The highest BCUT2D eigenvalue weighted by atomic mass is 32.2. The van der Waals surface area contributed by atoms with Crippen LogP contribution in [0.25, 0.3) is 0 Å². The van der Waals surface area contributed by atoms with Crippen molar-refractivity contribution in [2.24, 2.45) is 0 Å². The lowest BCUT2D eigenvalue weighted by Crippen LogP contribution is -2.25. The zero-order chi connectivity index (χ0) is 18.4. The van der Waals surface area contributed by atoms with E-state index < -0.39 is 0 Å². The predicted octanol–water partition coefficient (Wildman–Crippen LogP) is 2.68. The van der Waals surface area contributed by atoms with Gasteiger partial charge in [0.25, 0.3) is 5.91 Å². The van der Waals surface area contributed by atoms with Crippen molar-refractivity contribution in [3.63, 3.8) is 0 Å². The number of hydrogen-bond acceptors (Lipinski definition) is 6. The minimum atomic E-state index is -0.195. The third-order valence-electron chi connectivity index (χ3n) is 3.55. The minimum absolute atomic E-state index is 0.138. The lowest BCUT2D eigenvalue weighted by atomic mass is 10.2. The van der Waals surface area contributed by atoms with E-state index in [9.17, 15) is 9.59 Å². The van der Waals surface area contributed by atoms with E-state index in [0.717, 1.165) is 6.42 Å². The Balaban J connectivity index is 1.58. The molecule has 0 unspecified atom stereocenters. The topological polar surface area (TPSA) is 89.6 Å². The maximum atomic E-state index is 12.2. The fourth-order valence-corrected chi connectivity index (χ4v) is 3.11. The number of fused-ring (bicyclic) bond motifs is 1. The Kier molecular flexibility index (Phi) is 5.96. The van der Waals surface area contributed by atoms with Crippen LogP contribution in [0.4, 0.5) is 5.69 Å². The zero-order valence-electron chi connectivity index (χ0n) is 14.3. The molecule has 1 aliphatic heterocycles. The maximum Gasteiger partial charge on any atom is 0.254 e. The Morgan fingerprint density at radius 2 is 2.08 bits per heavy atom. The number of anilines is 1. The molecule has 2 aromatic rings. The standard InChI is InChI=1S/C18H19N3O4S/c1-2-7-19-17(23)13-4-3-8-20-18(13)26-10-16(22)21-12-5-6-14-15(9-12)25-11-24-14/h3-6,8-9H,2,7,10-11H2,1H3,(H,19,23)(H,21,22). The molecule has 0 saturated heterocycles. The highest BCUT2D eigenvalue weighted by Gasteiger charge is 2.16. The van der Waals surface area contributed by atoms with Crippen molar-refractivity contribution >= 4 is 29.3 Å². The molecule has 8 heteroatoms. The molecule has 0 spiro atoms. The van der Waals surface area contributed by atoms with Crippen molar-refractivity contribution < 1.29 is 19.1 Å². The first-order valence-electron chi connectivity index (χ1n) is 8.23. The molecule has 0 radical (unpaired) electrons. The molecule has 0 atom stereocenters. The van der Waals surface area contributed by atoms with Crippen LogP contribution in [-0.2, 0) is 4.79 Å². The van der Waals surface area contributed by atoms with Crippen LogP contribution in [-0.4, -0.2) is 35.9 Å². The second-order valence-electron chi connectivity index (χ2n) is 5.52. The smallest absolute Gasteiger partial charge is 0.254 e. The maximum absolute atomic E-state index is 12.2. The third kappa shape index (κ3) is 4.45. The van der Waals surface area contributed by atoms with Gasteiger partial charge in [-0.2, -0.15) is 0 Å². The fraction of sp³-hybridized carbons (Fsp3) is 0.278. The lowest BCUT2D eigenvalue weighted by Gasteiger charge is -2.09. The number of carbonyl (C=O) groups excluding carboxylic acids is 2. The third-order valence-corrected chi connectivity index (χ3v) is 4.55. The highest BCUT2D eigenvalue weighted by molar-refractivity contribution is 8.00. The highest BCUT2D eigenvalue weighted by Crippen LogP contribution is 2.34. The molecule has 0 aliphatic carbocycles. The van der Waals surface area contributed by atoms with E-state index in [2.05, 4.69) is 15.6 Å². The van der Waals surface area contributed by atoms with Gasteiger partial charge >= 0.3 is 0 Å². The Hall–Kier alpha value is -2.74. The molecule has 136 valence electrons. The monoisotopic (exact) mass is 373 g/mol. The van der Waals surface area contributed by atoms with Crippen LogP contribution in [0, 0.1) is 0 Å². The summed E-state index contributed by atoms with van der Waals surface area (Å²) in [5.74, 6) is 1.03. The molecule has 2 N–H and O–H groups in total. The summed E-state index contributed by atoms with van der Waals surface area (Å²) in [7, 11) is 0. The van der Waals surface area contributed by atoms with Crippen molar-refractivity contribution in [1.29, 1.82) is 0 Å². The Morgan fingerprint density at radius 1 is 1.23 bits per heavy atom. The molecule has 7 nitrogen and oxygen atoms in total. The van der Waals surface area contributed by atoms with Crippen molar-refractivity contribution in [1.82, 2.24) is 10.3 Å². The summed E-state index contributed by atoms with van der Waals surface area (Å²) in [6, 6.07) is 8.63. The first-order valence-corrected chi connectivity index (χ1v) is 9.21. The van der Waals surface area contributed by atoms with Gasteiger partial charge in [0.2, 0.25) is 12.7 Å². The van der Waals surface area contributed by atoms with E-state index in [-0.39, 0.29) is 24.4 Å². The fourth-order valence-electron chi connectivity index (χ4n) is 2.32. The van der Waals surface area contributed by atoms with Gasteiger partial charge < -0.3 is 20.1 Å². The van der Waals surface area contributed by atoms with Crippen LogP contribution >= 0.6 is 11.8 Å². The van der Waals surface area contributed by atoms with E-state index in [1.807, 2.05) is 6.92 Å². The molecule has 3 rings (SSSR count). The van der Waals surface area contributed by atoms with Gasteiger partial charge in [-0.25, -0.2) is 4.98 Å². The number of benzene rings is 1. The van der Waals surface area contributed by atoms with Crippen LogP contribution < -0.4 is 20.1 Å². The quantitative estimate of drug-likeness (QED) is 0.726. The van der Waals surface area contributed by atoms with Gasteiger partial charge in [-0.05, 0) is 30.7 Å². The van der Waals surface area contributed by atoms with Crippen LogP contribution in [0.2, 0.25) is 0 Å². The van der Waals surface area contributed by atoms with Crippen molar-refractivity contribution in [2.45, 2.75) is 18.4 Å². The molecule has 0 saturated carbocycles. The number of hydrogen-bond donors (Lipinski definition) is 2. The summed E-state index contributed by atoms with van der Waals surface area (Å²) in [6.45, 7) is 2.77. The molecule has 0 bridgehead atoms. The summed E-state index contributed by atoms with van der Waals surface area (Å²) in [6.07, 6.45) is 2.46. The first-order chi connectivity index (χ1) is 12.7. The number of rotatable bonds is 7. The molecule has 0 fully saturated rings. The molecular weight excluding hydrogens is 354 g/mol. The van der Waals surface area contributed by atoms with Crippen LogP contribution in [0.3, 0.4) is 0 Å². The molecule has 2 amide bonds. The molecule has 1 aromatic carbocycles. The van der Waals surface area contributed by atoms with Gasteiger partial charge in [0.05, 0.1) is 11.3 Å². The summed E-state index contributed by atoms with van der Waals surface area (Å²) in [4.78, 5) is 28.6. The summed E-state index contributed by atoms with van der Waals surface area (Å²) in [5.41, 5.74) is 1.10. The number of carbonyl (C=O) groups is 2. The largest absolute Gasteiger partial charge is 0.454 e. The van der Waals surface area contributed by atoms with E-state index in [4.69, 9.17) is 9.47 Å². The van der Waals surface area contributed by atoms with Crippen LogP contribution in [0.15, 0.2) is 41.6 Å². The number of nitrogens with one attached hydrogen (secondary N) is 2. The second kappa shape index (κ2) is 8.57. The van der Waals surface area contributed by atoms with Gasteiger partial charge in [-0.15, -0.1) is 0 Å². The molecule has 26 heavy (non-hydrogen) atoms. The SMILES string of the molecule is CCCNC(=O)c1cccnc1SCC(=O)Nc1ccc2c(c1)OCO2. The number of thioether (sulfide) groups is 1. The first kappa shape index (κ1) is 18.1. The van der Waals surface area contributed by atoms with Crippen LogP contribution in [0.5, 0.6) is 11.5 Å². The van der Waals surface area contributed by atoms with Crippen LogP contribution in [0.1, 0.15) is 23.7 Å². The number of pyridine rings is 1. The number of amides is 2. The summed E-state index contributed by atoms with van der Waals surface area (Å²) >= 11 is 1.22. The van der Waals surface area contributed by atoms with Crippen molar-refractivity contribution in [2.75, 3.05) is 24.4 Å². The van der Waals surface area contributed by atoms with Crippen molar-refractivity contribution in [3.8, 4) is 11.5 Å². The number of ether oxygens (including phenoxy) is 2. The Morgan fingerprint density at radius 3 is 2.92 bits per heavy atom. The lowest BCUT2D eigenvalue weighted by molar-refractivity contribution is -0.113. The summed E-state index contributed by atoms with van der Waals surface area (Å²) in [5, 5.41) is 6.15. The van der Waals surface area contributed by atoms with Crippen molar-refractivity contribution in [3.05, 3.63) is 42.1 Å². The molecular formula is C18H19N3O4S. The van der Waals surface area contributed by atoms with Gasteiger partial charge in [-0.1, -0.05) is 18.7 Å². The predicted molar refractivity (Wildman–Crippen MR) is 98.8 cm³/mol. The van der Waals surface area contributed by atoms with E-state index in [1.54, 1.807) is 36.5 Å². The van der Waals surface area contributed by atoms with Gasteiger partial charge in [0.15, 0.2) is 11.5 Å². The van der Waals surface area contributed by atoms with E-state index in [0.29, 0.717) is 34.3 Å². The average Bonchev–Trinajstić information content (AvgIpc) is 3.12. The zero-order valence-corrected chi connectivity index (χ0v) is 15.1. The molecule has 1 aliphatic rings. The second-order valence-corrected chi connectivity index (χ2v) is 6.48. The van der Waals surface area contributed by atoms with Gasteiger partial charge in [0, 0.05) is 24.5 Å². The Labute approximate surface area is 155 Å². The average molecular weight is 373 g/mol. The van der Waals surface area contributed by atoms with E-state index >= 15 is 0 Å². The minimum Gasteiger partial charge on any atom is -0.454 e. The normalized spacial score (nSPS) is 11.9. The number of aromatic nitrogens is 1. The molecule has 2 heterocycles. The number of nitrogens with zero attached hydrogens (tertiary/aromatic N) is 1. The summed E-state index contributed by atoms with van der Waals surface area (Å²) < 4.78 is 10.5. The van der Waals surface area contributed by atoms with E-state index in [1.165, 1.54) is 11.8 Å². The Bertz CT molecular complexity index is 813. The van der Waals surface area contributed by atoms with Gasteiger partial charge in [-0.3, -0.25) is 9.59 Å². The molecule has 1 aromatic heterocycles.